The van der Waals surface area contributed by atoms with E-state index in [0.717, 1.165) is 39.9 Å². The molecule has 0 aromatic heterocycles. The molecule has 1 aromatic rings. The molecule has 0 bridgehead atoms. The third-order valence-corrected chi connectivity index (χ3v) is 4.29. The van der Waals surface area contributed by atoms with E-state index < -0.39 is 5.54 Å². The van der Waals surface area contributed by atoms with Crippen LogP contribution in [0.1, 0.15) is 43.7 Å². The van der Waals surface area contributed by atoms with E-state index in [2.05, 4.69) is 34.8 Å². The van der Waals surface area contributed by atoms with Gasteiger partial charge in [-0.05, 0) is 46.3 Å². The molecule has 1 aliphatic carbocycles. The Bertz CT molecular complexity index is 587. The highest BCUT2D eigenvalue weighted by Gasteiger charge is 2.48. The second kappa shape index (κ2) is 4.36. The maximum Gasteiger partial charge on any atom is 0.235 e. The Kier molecular flexibility index (Phi) is 2.91. The lowest BCUT2D eigenvalue weighted by molar-refractivity contribution is 0.172. The van der Waals surface area contributed by atoms with Crippen molar-refractivity contribution in [2.24, 2.45) is 4.99 Å². The summed E-state index contributed by atoms with van der Waals surface area (Å²) in [6, 6.07) is 2.01. The highest BCUT2D eigenvalue weighted by molar-refractivity contribution is 9.10. The van der Waals surface area contributed by atoms with Crippen molar-refractivity contribution < 1.29 is 14.3 Å². The topological polar surface area (TPSA) is 47.9 Å². The maximum atomic E-state index is 10.7. The van der Waals surface area contributed by atoms with Gasteiger partial charge in [-0.3, -0.25) is 0 Å². The van der Waals surface area contributed by atoms with E-state index in [1.54, 1.807) is 6.08 Å². The standard InChI is InChI=1S/C14H14BrNO3/c1-8(2)11-9(14(3-4-14)16-6-17)5-10(15)12-13(11)19-7-18-12/h5,8H,3-4,7H2,1-2H3. The van der Waals surface area contributed by atoms with Crippen molar-refractivity contribution in [3.63, 3.8) is 0 Å². The Hall–Kier alpha value is -1.32. The summed E-state index contributed by atoms with van der Waals surface area (Å²) in [5.41, 5.74) is 1.75. The van der Waals surface area contributed by atoms with Gasteiger partial charge in [-0.15, -0.1) is 0 Å². The first-order valence-electron chi connectivity index (χ1n) is 6.30. The molecular formula is C14H14BrNO3. The Labute approximate surface area is 119 Å². The fourth-order valence-corrected chi connectivity index (χ4v) is 3.18. The van der Waals surface area contributed by atoms with E-state index in [9.17, 15) is 4.79 Å². The van der Waals surface area contributed by atoms with Crippen molar-refractivity contribution in [3.8, 4) is 11.5 Å². The number of nitrogens with zero attached hydrogens (tertiary/aromatic N) is 1. The molecule has 3 rings (SSSR count). The first kappa shape index (κ1) is 12.7. The molecule has 0 unspecified atom stereocenters. The lowest BCUT2D eigenvalue weighted by Crippen LogP contribution is -2.09. The van der Waals surface area contributed by atoms with E-state index in [4.69, 9.17) is 9.47 Å². The molecule has 0 amide bonds. The van der Waals surface area contributed by atoms with Crippen molar-refractivity contribution in [1.29, 1.82) is 0 Å². The van der Waals surface area contributed by atoms with Crippen LogP contribution in [0.5, 0.6) is 11.5 Å². The Morgan fingerprint density at radius 1 is 1.37 bits per heavy atom. The lowest BCUT2D eigenvalue weighted by atomic mass is 9.90. The Morgan fingerprint density at radius 2 is 2.05 bits per heavy atom. The zero-order valence-electron chi connectivity index (χ0n) is 10.8. The van der Waals surface area contributed by atoms with Crippen LogP contribution in [0.15, 0.2) is 15.5 Å². The average Bonchev–Trinajstić information content (AvgIpc) is 2.97. The van der Waals surface area contributed by atoms with E-state index in [1.165, 1.54) is 0 Å². The van der Waals surface area contributed by atoms with Gasteiger partial charge in [-0.1, -0.05) is 13.8 Å². The van der Waals surface area contributed by atoms with E-state index in [0.29, 0.717) is 0 Å². The van der Waals surface area contributed by atoms with Crippen molar-refractivity contribution in [2.45, 2.75) is 38.1 Å². The van der Waals surface area contributed by atoms with E-state index in [1.807, 2.05) is 6.07 Å². The van der Waals surface area contributed by atoms with Crippen LogP contribution in [0.25, 0.3) is 0 Å². The van der Waals surface area contributed by atoms with Gasteiger partial charge in [0.25, 0.3) is 0 Å². The summed E-state index contributed by atoms with van der Waals surface area (Å²) >= 11 is 3.51. The molecule has 0 N–H and O–H groups in total. The minimum Gasteiger partial charge on any atom is -0.453 e. The minimum absolute atomic E-state index is 0.237. The molecule has 2 aliphatic rings. The lowest BCUT2D eigenvalue weighted by Gasteiger charge is -2.20. The number of benzene rings is 1. The molecule has 1 aromatic carbocycles. The van der Waals surface area contributed by atoms with Gasteiger partial charge in [0, 0.05) is 5.56 Å². The summed E-state index contributed by atoms with van der Waals surface area (Å²) in [5.74, 6) is 1.81. The van der Waals surface area contributed by atoms with Crippen LogP contribution in [0, 0.1) is 0 Å². The molecule has 4 nitrogen and oxygen atoms in total. The average molecular weight is 324 g/mol. The monoisotopic (exact) mass is 323 g/mol. The molecule has 0 radical (unpaired) electrons. The number of fused-ring (bicyclic) bond motifs is 1. The van der Waals surface area contributed by atoms with Gasteiger partial charge in [0.2, 0.25) is 12.9 Å². The molecule has 0 spiro atoms. The number of rotatable bonds is 3. The van der Waals surface area contributed by atoms with Crippen molar-refractivity contribution in [1.82, 2.24) is 0 Å². The SMILES string of the molecule is CC(C)c1c(C2(N=C=O)CC2)cc(Br)c2c1OCO2. The van der Waals surface area contributed by atoms with Gasteiger partial charge in [0.05, 0.1) is 10.0 Å². The van der Waals surface area contributed by atoms with Crippen LogP contribution < -0.4 is 9.47 Å². The third kappa shape index (κ3) is 1.88. The van der Waals surface area contributed by atoms with Gasteiger partial charge in [-0.2, -0.15) is 4.99 Å². The van der Waals surface area contributed by atoms with Crippen LogP contribution >= 0.6 is 15.9 Å². The molecule has 1 aliphatic heterocycles. The smallest absolute Gasteiger partial charge is 0.235 e. The predicted molar refractivity (Wildman–Crippen MR) is 73.4 cm³/mol. The number of carbonyl (C=O) groups excluding carboxylic acids is 1. The summed E-state index contributed by atoms with van der Waals surface area (Å²) in [6.45, 7) is 4.45. The largest absolute Gasteiger partial charge is 0.453 e. The predicted octanol–water partition coefficient (Wildman–Crippen LogP) is 3.63. The summed E-state index contributed by atoms with van der Waals surface area (Å²) in [5, 5.41) is 0. The molecule has 1 fully saturated rings. The fourth-order valence-electron chi connectivity index (χ4n) is 2.65. The molecular weight excluding hydrogens is 310 g/mol. The zero-order chi connectivity index (χ0) is 13.6. The summed E-state index contributed by atoms with van der Waals surface area (Å²) in [7, 11) is 0. The van der Waals surface area contributed by atoms with Crippen LogP contribution in [0.2, 0.25) is 0 Å². The van der Waals surface area contributed by atoms with Gasteiger partial charge in [-0.25, -0.2) is 4.79 Å². The van der Waals surface area contributed by atoms with Crippen LogP contribution in [0.3, 0.4) is 0 Å². The van der Waals surface area contributed by atoms with Crippen LogP contribution in [-0.2, 0) is 10.3 Å². The van der Waals surface area contributed by atoms with Crippen molar-refractivity contribution in [3.05, 3.63) is 21.7 Å². The van der Waals surface area contributed by atoms with E-state index in [-0.39, 0.29) is 12.7 Å². The van der Waals surface area contributed by atoms with Gasteiger partial charge < -0.3 is 9.47 Å². The maximum absolute atomic E-state index is 10.7. The normalized spacial score (nSPS) is 18.3. The number of hydrogen-bond acceptors (Lipinski definition) is 4. The van der Waals surface area contributed by atoms with E-state index >= 15 is 0 Å². The number of ether oxygens (including phenoxy) is 2. The van der Waals surface area contributed by atoms with Crippen molar-refractivity contribution in [2.75, 3.05) is 6.79 Å². The highest BCUT2D eigenvalue weighted by atomic mass is 79.9. The summed E-state index contributed by atoms with van der Waals surface area (Å²) < 4.78 is 12.0. The van der Waals surface area contributed by atoms with Crippen molar-refractivity contribution >= 4 is 22.0 Å². The number of halogens is 1. The number of aliphatic imine (C=N–C) groups is 1. The molecule has 5 heteroatoms. The quantitative estimate of drug-likeness (QED) is 0.630. The summed E-state index contributed by atoms with van der Waals surface area (Å²) in [6.07, 6.45) is 3.48. The first-order chi connectivity index (χ1) is 9.09. The Balaban J connectivity index is 2.25. The van der Waals surface area contributed by atoms with Crippen LogP contribution in [-0.4, -0.2) is 12.9 Å². The fraction of sp³-hybridized carbons (Fsp3) is 0.500. The summed E-state index contributed by atoms with van der Waals surface area (Å²) in [4.78, 5) is 14.7. The molecule has 1 saturated carbocycles. The molecule has 1 heterocycles. The van der Waals surface area contributed by atoms with Crippen LogP contribution in [0.4, 0.5) is 0 Å². The van der Waals surface area contributed by atoms with Gasteiger partial charge >= 0.3 is 0 Å². The molecule has 0 atom stereocenters. The molecule has 0 saturated heterocycles. The number of isocyanates is 1. The Morgan fingerprint density at radius 3 is 2.63 bits per heavy atom. The van der Waals surface area contributed by atoms with Gasteiger partial charge in [0.1, 0.15) is 0 Å². The highest BCUT2D eigenvalue weighted by Crippen LogP contribution is 2.56. The molecule has 19 heavy (non-hydrogen) atoms. The van der Waals surface area contributed by atoms with Gasteiger partial charge in [0.15, 0.2) is 11.5 Å². The second-order valence-electron chi connectivity index (χ2n) is 5.27. The second-order valence-corrected chi connectivity index (χ2v) is 6.13. The third-order valence-electron chi connectivity index (χ3n) is 3.70. The molecule has 100 valence electrons. The first-order valence-corrected chi connectivity index (χ1v) is 7.10. The zero-order valence-corrected chi connectivity index (χ0v) is 12.4. The minimum atomic E-state index is -0.398. The number of hydrogen-bond donors (Lipinski definition) is 0.